The number of carbonyl (C=O) groups excluding carboxylic acids is 1. The Morgan fingerprint density at radius 3 is 2.96 bits per heavy atom. The number of tetrazole rings is 1. The second-order valence-corrected chi connectivity index (χ2v) is 7.01. The predicted molar refractivity (Wildman–Crippen MR) is 91.0 cm³/mol. The van der Waals surface area contributed by atoms with Gasteiger partial charge in [-0.15, -0.1) is 5.10 Å². The summed E-state index contributed by atoms with van der Waals surface area (Å²) in [6.07, 6.45) is 2.99. The highest BCUT2D eigenvalue weighted by Crippen LogP contribution is 2.37. The summed E-state index contributed by atoms with van der Waals surface area (Å²) in [7, 11) is 0. The molecule has 0 bridgehead atoms. The lowest BCUT2D eigenvalue weighted by atomic mass is 10.3. The third kappa shape index (κ3) is 4.70. The van der Waals surface area contributed by atoms with E-state index in [4.69, 9.17) is 4.74 Å². The van der Waals surface area contributed by atoms with Crippen LogP contribution in [-0.4, -0.2) is 44.5 Å². The standard InChI is InChI=1S/C16H21N5O2S/c1-12(24-16-18-19-20-21(16)13-8-9-13)15(22)17-10-5-11-23-14-6-3-2-4-7-14/h2-4,6-7,12-13H,5,8-11H2,1H3,(H,17,22)/t12-/m1/s1. The van der Waals surface area contributed by atoms with Gasteiger partial charge < -0.3 is 10.1 Å². The van der Waals surface area contributed by atoms with Gasteiger partial charge in [0.25, 0.3) is 0 Å². The van der Waals surface area contributed by atoms with Crippen LogP contribution in [0, 0.1) is 0 Å². The van der Waals surface area contributed by atoms with Gasteiger partial charge in [0.15, 0.2) is 0 Å². The summed E-state index contributed by atoms with van der Waals surface area (Å²) in [5, 5.41) is 15.1. The summed E-state index contributed by atoms with van der Waals surface area (Å²) < 4.78 is 7.42. The molecule has 1 heterocycles. The van der Waals surface area contributed by atoms with Crippen molar-refractivity contribution in [1.82, 2.24) is 25.5 Å². The molecule has 1 N–H and O–H groups in total. The molecule has 1 aliphatic rings. The molecular formula is C16H21N5O2S. The molecule has 1 amide bonds. The van der Waals surface area contributed by atoms with Crippen molar-refractivity contribution >= 4 is 17.7 Å². The first-order chi connectivity index (χ1) is 11.7. The predicted octanol–water partition coefficient (Wildman–Crippen LogP) is 2.07. The Hall–Kier alpha value is -2.09. The monoisotopic (exact) mass is 347 g/mol. The number of benzene rings is 1. The zero-order valence-electron chi connectivity index (χ0n) is 13.6. The van der Waals surface area contributed by atoms with Crippen LogP contribution in [0.15, 0.2) is 35.5 Å². The Labute approximate surface area is 145 Å². The van der Waals surface area contributed by atoms with Crippen LogP contribution in [0.25, 0.3) is 0 Å². The Morgan fingerprint density at radius 1 is 1.42 bits per heavy atom. The van der Waals surface area contributed by atoms with E-state index in [2.05, 4.69) is 20.8 Å². The Balaban J connectivity index is 1.34. The summed E-state index contributed by atoms with van der Waals surface area (Å²) in [6, 6.07) is 10.1. The van der Waals surface area contributed by atoms with E-state index in [9.17, 15) is 4.79 Å². The van der Waals surface area contributed by atoms with Crippen molar-refractivity contribution in [3.8, 4) is 5.75 Å². The van der Waals surface area contributed by atoms with Gasteiger partial charge in [-0.05, 0) is 48.7 Å². The van der Waals surface area contributed by atoms with Crippen LogP contribution >= 0.6 is 11.8 Å². The molecule has 0 unspecified atom stereocenters. The van der Waals surface area contributed by atoms with Crippen LogP contribution in [0.4, 0.5) is 0 Å². The molecular weight excluding hydrogens is 326 g/mol. The number of hydrogen-bond donors (Lipinski definition) is 1. The van der Waals surface area contributed by atoms with Crippen molar-refractivity contribution in [3.05, 3.63) is 30.3 Å². The minimum Gasteiger partial charge on any atom is -0.494 e. The molecule has 128 valence electrons. The van der Waals surface area contributed by atoms with Crippen molar-refractivity contribution in [2.45, 2.75) is 42.6 Å². The Morgan fingerprint density at radius 2 is 2.21 bits per heavy atom. The number of nitrogens with one attached hydrogen (secondary N) is 1. The average Bonchev–Trinajstić information content (AvgIpc) is 3.35. The van der Waals surface area contributed by atoms with E-state index in [1.54, 1.807) is 0 Å². The summed E-state index contributed by atoms with van der Waals surface area (Å²) >= 11 is 1.40. The molecule has 0 spiro atoms. The van der Waals surface area contributed by atoms with E-state index < -0.39 is 0 Å². The van der Waals surface area contributed by atoms with E-state index in [1.165, 1.54) is 11.8 Å². The van der Waals surface area contributed by atoms with Gasteiger partial charge in [0.1, 0.15) is 5.75 Å². The van der Waals surface area contributed by atoms with Gasteiger partial charge in [0.05, 0.1) is 17.9 Å². The number of nitrogens with zero attached hydrogens (tertiary/aromatic N) is 4. The molecule has 2 aromatic rings. The largest absolute Gasteiger partial charge is 0.494 e. The molecule has 24 heavy (non-hydrogen) atoms. The smallest absolute Gasteiger partial charge is 0.233 e. The van der Waals surface area contributed by atoms with Crippen LogP contribution in [0.5, 0.6) is 5.75 Å². The number of hydrogen-bond acceptors (Lipinski definition) is 6. The van der Waals surface area contributed by atoms with Gasteiger partial charge in [-0.3, -0.25) is 4.79 Å². The second kappa shape index (κ2) is 8.14. The third-order valence-corrected chi connectivity index (χ3v) is 4.69. The number of carbonyl (C=O) groups is 1. The first kappa shape index (κ1) is 16.8. The fourth-order valence-electron chi connectivity index (χ4n) is 2.16. The van der Waals surface area contributed by atoms with Crippen LogP contribution in [-0.2, 0) is 4.79 Å². The minimum atomic E-state index is -0.233. The average molecular weight is 347 g/mol. The quantitative estimate of drug-likeness (QED) is 0.552. The van der Waals surface area contributed by atoms with Gasteiger partial charge in [-0.25, -0.2) is 4.68 Å². The number of thioether (sulfide) groups is 1. The van der Waals surface area contributed by atoms with E-state index in [0.717, 1.165) is 25.0 Å². The lowest BCUT2D eigenvalue weighted by Gasteiger charge is -2.12. The fraction of sp³-hybridized carbons (Fsp3) is 0.500. The molecule has 0 saturated heterocycles. The lowest BCUT2D eigenvalue weighted by molar-refractivity contribution is -0.120. The SMILES string of the molecule is C[C@@H](Sc1nnnn1C1CC1)C(=O)NCCCOc1ccccc1. The summed E-state index contributed by atoms with van der Waals surface area (Å²) in [6.45, 7) is 3.03. The Kier molecular flexibility index (Phi) is 5.68. The molecule has 1 aliphatic carbocycles. The molecule has 1 fully saturated rings. The van der Waals surface area contributed by atoms with Crippen molar-refractivity contribution in [1.29, 1.82) is 0 Å². The Bertz CT molecular complexity index is 659. The van der Waals surface area contributed by atoms with E-state index in [1.807, 2.05) is 41.9 Å². The van der Waals surface area contributed by atoms with Crippen molar-refractivity contribution in [2.24, 2.45) is 0 Å². The summed E-state index contributed by atoms with van der Waals surface area (Å²) in [4.78, 5) is 12.1. The van der Waals surface area contributed by atoms with Gasteiger partial charge in [-0.1, -0.05) is 30.0 Å². The highest BCUT2D eigenvalue weighted by atomic mass is 32.2. The van der Waals surface area contributed by atoms with Crippen LogP contribution in [0.1, 0.15) is 32.2 Å². The highest BCUT2D eigenvalue weighted by molar-refractivity contribution is 8.00. The first-order valence-electron chi connectivity index (χ1n) is 8.14. The second-order valence-electron chi connectivity index (χ2n) is 5.70. The highest BCUT2D eigenvalue weighted by Gasteiger charge is 2.29. The van der Waals surface area contributed by atoms with Crippen molar-refractivity contribution in [2.75, 3.05) is 13.2 Å². The van der Waals surface area contributed by atoms with Crippen LogP contribution < -0.4 is 10.1 Å². The zero-order valence-corrected chi connectivity index (χ0v) is 14.4. The molecule has 1 atom stereocenters. The van der Waals surface area contributed by atoms with Gasteiger partial charge in [-0.2, -0.15) is 0 Å². The van der Waals surface area contributed by atoms with E-state index >= 15 is 0 Å². The van der Waals surface area contributed by atoms with Crippen molar-refractivity contribution < 1.29 is 9.53 Å². The number of aromatic nitrogens is 4. The molecule has 1 saturated carbocycles. The molecule has 8 heteroatoms. The summed E-state index contributed by atoms with van der Waals surface area (Å²) in [5.41, 5.74) is 0. The lowest BCUT2D eigenvalue weighted by Crippen LogP contribution is -2.32. The van der Waals surface area contributed by atoms with E-state index in [0.29, 0.717) is 24.3 Å². The first-order valence-corrected chi connectivity index (χ1v) is 9.02. The summed E-state index contributed by atoms with van der Waals surface area (Å²) in [5.74, 6) is 0.838. The van der Waals surface area contributed by atoms with Crippen LogP contribution in [0.3, 0.4) is 0 Å². The normalized spacial score (nSPS) is 15.0. The molecule has 0 aliphatic heterocycles. The van der Waals surface area contributed by atoms with Crippen LogP contribution in [0.2, 0.25) is 0 Å². The van der Waals surface area contributed by atoms with Crippen molar-refractivity contribution in [3.63, 3.8) is 0 Å². The minimum absolute atomic E-state index is 0.00921. The topological polar surface area (TPSA) is 81.9 Å². The number of rotatable bonds is 9. The molecule has 7 nitrogen and oxygen atoms in total. The number of para-hydroxylation sites is 1. The number of amides is 1. The van der Waals surface area contributed by atoms with Gasteiger partial charge in [0.2, 0.25) is 11.1 Å². The maximum absolute atomic E-state index is 12.1. The zero-order chi connectivity index (χ0) is 16.8. The third-order valence-electron chi connectivity index (χ3n) is 3.64. The van der Waals surface area contributed by atoms with E-state index in [-0.39, 0.29) is 11.2 Å². The van der Waals surface area contributed by atoms with Gasteiger partial charge in [0, 0.05) is 6.54 Å². The van der Waals surface area contributed by atoms with Gasteiger partial charge >= 0.3 is 0 Å². The molecule has 1 aromatic heterocycles. The fourth-order valence-corrected chi connectivity index (χ4v) is 3.04. The molecule has 3 rings (SSSR count). The molecule has 0 radical (unpaired) electrons. The number of ether oxygens (including phenoxy) is 1. The molecule has 1 aromatic carbocycles. The maximum atomic E-state index is 12.1. The maximum Gasteiger partial charge on any atom is 0.233 e.